The number of nitrogens with zero attached hydrogens (tertiary/aromatic N) is 5. The average molecular weight is 485 g/mol. The molecule has 0 radical (unpaired) electrons. The van der Waals surface area contributed by atoms with Crippen LogP contribution in [0.3, 0.4) is 0 Å². The van der Waals surface area contributed by atoms with Gasteiger partial charge in [-0.1, -0.05) is 6.07 Å². The molecule has 0 unspecified atom stereocenters. The van der Waals surface area contributed by atoms with Crippen molar-refractivity contribution in [2.75, 3.05) is 0 Å². The normalized spacial score (nSPS) is 11.3. The Morgan fingerprint density at radius 3 is 2.62 bits per heavy atom. The molecule has 0 saturated carbocycles. The van der Waals surface area contributed by atoms with Gasteiger partial charge in [-0.3, -0.25) is 0 Å². The Labute approximate surface area is 174 Å². The molecule has 0 saturated heterocycles. The van der Waals surface area contributed by atoms with E-state index < -0.39 is 0 Å². The molecule has 0 aliphatic carbocycles. The summed E-state index contributed by atoms with van der Waals surface area (Å²) in [4.78, 5) is 5.95. The quantitative estimate of drug-likeness (QED) is 0.320. The number of halogens is 1. The van der Waals surface area contributed by atoms with Gasteiger partial charge in [0.15, 0.2) is 11.8 Å². The molecule has 3 aromatic heterocycles. The summed E-state index contributed by atoms with van der Waals surface area (Å²) in [5, 5.41) is 17.1. The molecule has 2 N–H and O–H groups in total. The van der Waals surface area contributed by atoms with Gasteiger partial charge in [0, 0.05) is 31.4 Å². The van der Waals surface area contributed by atoms with E-state index in [0.717, 1.165) is 24.2 Å². The van der Waals surface area contributed by atoms with Crippen LogP contribution >= 0.6 is 35.3 Å². The average Bonchev–Trinajstić information content (AvgIpc) is 3.32. The summed E-state index contributed by atoms with van der Waals surface area (Å²) in [7, 11) is 3.98. The van der Waals surface area contributed by atoms with Crippen molar-refractivity contribution in [1.82, 2.24) is 30.0 Å². The molecule has 7 nitrogen and oxygen atoms in total. The van der Waals surface area contributed by atoms with Crippen molar-refractivity contribution in [2.24, 2.45) is 19.1 Å². The Morgan fingerprint density at radius 2 is 2.00 bits per heavy atom. The number of hydrogen-bond acceptors (Lipinski definition) is 4. The molecular formula is C17H24IN7S. The number of thiophene rings is 1. The van der Waals surface area contributed by atoms with Crippen LogP contribution in [-0.4, -0.2) is 25.3 Å². The summed E-state index contributed by atoms with van der Waals surface area (Å²) in [6.07, 6.45) is 4.10. The first-order valence-electron chi connectivity index (χ1n) is 8.12. The van der Waals surface area contributed by atoms with Crippen LogP contribution < -0.4 is 10.6 Å². The van der Waals surface area contributed by atoms with Gasteiger partial charge in [-0.25, -0.2) is 4.99 Å². The third-order valence-corrected chi connectivity index (χ3v) is 4.80. The monoisotopic (exact) mass is 485 g/mol. The highest BCUT2D eigenvalue weighted by atomic mass is 127. The van der Waals surface area contributed by atoms with E-state index in [1.54, 1.807) is 11.3 Å². The molecule has 3 aromatic rings. The minimum absolute atomic E-state index is 0. The van der Waals surface area contributed by atoms with Gasteiger partial charge in [0.1, 0.15) is 5.82 Å². The molecule has 0 atom stereocenters. The summed E-state index contributed by atoms with van der Waals surface area (Å²) in [5.41, 5.74) is 1.18. The van der Waals surface area contributed by atoms with E-state index in [1.165, 1.54) is 10.4 Å². The lowest BCUT2D eigenvalue weighted by atomic mass is 10.3. The SMILES string of the molecule is Cc1nnc(CNC(=NCc2ccn(C)c2)NCc2cccs2)n1C.I. The first-order valence-corrected chi connectivity index (χ1v) is 9.00. The van der Waals surface area contributed by atoms with Crippen LogP contribution in [0.4, 0.5) is 0 Å². The lowest BCUT2D eigenvalue weighted by molar-refractivity contribution is 0.715. The summed E-state index contributed by atoms with van der Waals surface area (Å²) in [6, 6.07) is 6.24. The molecule has 0 spiro atoms. The number of aliphatic imine (C=N–C) groups is 1. The Hall–Kier alpha value is -1.88. The standard InChI is InChI=1S/C17H23N7S.HI/c1-13-21-22-16(24(13)3)11-20-17(19-10-15-5-4-8-25-15)18-9-14-6-7-23(2)12-14;/h4-8,12H,9-11H2,1-3H3,(H2,18,19,20);1H. The molecular weight excluding hydrogens is 461 g/mol. The van der Waals surface area contributed by atoms with Gasteiger partial charge in [0.25, 0.3) is 0 Å². The fourth-order valence-electron chi connectivity index (χ4n) is 2.35. The minimum atomic E-state index is 0. The van der Waals surface area contributed by atoms with Crippen molar-refractivity contribution in [1.29, 1.82) is 0 Å². The van der Waals surface area contributed by atoms with E-state index in [0.29, 0.717) is 13.1 Å². The number of hydrogen-bond donors (Lipinski definition) is 2. The highest BCUT2D eigenvalue weighted by Crippen LogP contribution is 2.07. The van der Waals surface area contributed by atoms with E-state index in [4.69, 9.17) is 0 Å². The van der Waals surface area contributed by atoms with Crippen LogP contribution in [-0.2, 0) is 33.7 Å². The number of aromatic nitrogens is 4. The first kappa shape index (κ1) is 20.4. The van der Waals surface area contributed by atoms with Crippen LogP contribution in [0, 0.1) is 6.92 Å². The Morgan fingerprint density at radius 1 is 1.19 bits per heavy atom. The zero-order valence-electron chi connectivity index (χ0n) is 15.1. The van der Waals surface area contributed by atoms with Crippen molar-refractivity contribution < 1.29 is 0 Å². The summed E-state index contributed by atoms with van der Waals surface area (Å²) >= 11 is 1.73. The molecule has 0 aliphatic heterocycles. The second-order valence-electron chi connectivity index (χ2n) is 5.86. The fraction of sp³-hybridized carbons (Fsp3) is 0.353. The van der Waals surface area contributed by atoms with Crippen molar-refractivity contribution in [3.05, 3.63) is 58.1 Å². The lowest BCUT2D eigenvalue weighted by Gasteiger charge is -2.12. The van der Waals surface area contributed by atoms with Gasteiger partial charge in [-0.15, -0.1) is 45.5 Å². The van der Waals surface area contributed by atoms with Gasteiger partial charge in [0.2, 0.25) is 0 Å². The molecule has 26 heavy (non-hydrogen) atoms. The predicted molar refractivity (Wildman–Crippen MR) is 116 cm³/mol. The molecule has 0 aromatic carbocycles. The second kappa shape index (κ2) is 9.72. The fourth-order valence-corrected chi connectivity index (χ4v) is 3.00. The molecule has 140 valence electrons. The predicted octanol–water partition coefficient (Wildman–Crippen LogP) is 2.58. The number of nitrogens with one attached hydrogen (secondary N) is 2. The van der Waals surface area contributed by atoms with Gasteiger partial charge in [-0.2, -0.15) is 0 Å². The van der Waals surface area contributed by atoms with E-state index >= 15 is 0 Å². The molecule has 0 bridgehead atoms. The van der Waals surface area contributed by atoms with E-state index in [1.807, 2.05) is 36.4 Å². The van der Waals surface area contributed by atoms with E-state index in [9.17, 15) is 0 Å². The van der Waals surface area contributed by atoms with Gasteiger partial charge >= 0.3 is 0 Å². The maximum absolute atomic E-state index is 4.69. The Kier molecular flexibility index (Phi) is 7.64. The number of aryl methyl sites for hydroxylation is 2. The first-order chi connectivity index (χ1) is 12.1. The summed E-state index contributed by atoms with van der Waals surface area (Å²) in [6.45, 7) is 3.88. The van der Waals surface area contributed by atoms with Gasteiger partial charge in [0.05, 0.1) is 19.6 Å². The number of rotatable bonds is 6. The Bertz CT molecular complexity index is 835. The van der Waals surface area contributed by atoms with Crippen molar-refractivity contribution in [3.63, 3.8) is 0 Å². The third kappa shape index (κ3) is 5.56. The van der Waals surface area contributed by atoms with Crippen molar-refractivity contribution >= 4 is 41.3 Å². The molecule has 0 aliphatic rings. The number of guanidine groups is 1. The lowest BCUT2D eigenvalue weighted by Crippen LogP contribution is -2.37. The molecule has 9 heteroatoms. The zero-order chi connectivity index (χ0) is 17.6. The highest BCUT2D eigenvalue weighted by molar-refractivity contribution is 14.0. The smallest absolute Gasteiger partial charge is 0.192 e. The Balaban J connectivity index is 0.00000243. The minimum Gasteiger partial charge on any atom is -0.357 e. The highest BCUT2D eigenvalue weighted by Gasteiger charge is 2.07. The van der Waals surface area contributed by atoms with Crippen LogP contribution in [0.1, 0.15) is 22.1 Å². The molecule has 0 amide bonds. The molecule has 3 heterocycles. The van der Waals surface area contributed by atoms with Gasteiger partial charge < -0.3 is 19.8 Å². The molecule has 3 rings (SSSR count). The maximum Gasteiger partial charge on any atom is 0.192 e. The van der Waals surface area contributed by atoms with Crippen molar-refractivity contribution in [2.45, 2.75) is 26.6 Å². The topological polar surface area (TPSA) is 72.1 Å². The van der Waals surface area contributed by atoms with E-state index in [-0.39, 0.29) is 24.0 Å². The largest absolute Gasteiger partial charge is 0.357 e. The summed E-state index contributed by atoms with van der Waals surface area (Å²) in [5.74, 6) is 2.53. The van der Waals surface area contributed by atoms with Crippen LogP contribution in [0.15, 0.2) is 41.0 Å². The van der Waals surface area contributed by atoms with Crippen LogP contribution in [0.5, 0.6) is 0 Å². The van der Waals surface area contributed by atoms with Gasteiger partial charge in [-0.05, 0) is 30.0 Å². The zero-order valence-corrected chi connectivity index (χ0v) is 18.3. The van der Waals surface area contributed by atoms with Crippen LogP contribution in [0.2, 0.25) is 0 Å². The van der Waals surface area contributed by atoms with E-state index in [2.05, 4.69) is 55.6 Å². The van der Waals surface area contributed by atoms with Crippen LogP contribution in [0.25, 0.3) is 0 Å². The third-order valence-electron chi connectivity index (χ3n) is 3.92. The van der Waals surface area contributed by atoms with Crippen molar-refractivity contribution in [3.8, 4) is 0 Å². The summed E-state index contributed by atoms with van der Waals surface area (Å²) < 4.78 is 4.00. The maximum atomic E-state index is 4.69. The second-order valence-corrected chi connectivity index (χ2v) is 6.89. The molecule has 0 fully saturated rings.